The van der Waals surface area contributed by atoms with E-state index >= 15 is 0 Å². The van der Waals surface area contributed by atoms with Gasteiger partial charge in [-0.3, -0.25) is 9.48 Å². The number of hydrogen-bond donors (Lipinski definition) is 1. The van der Waals surface area contributed by atoms with Crippen LogP contribution in [0.1, 0.15) is 60.3 Å². The van der Waals surface area contributed by atoms with Gasteiger partial charge in [-0.05, 0) is 56.9 Å². The van der Waals surface area contributed by atoms with Gasteiger partial charge >= 0.3 is 0 Å². The molecule has 168 valence electrons. The highest BCUT2D eigenvalue weighted by Gasteiger charge is 2.28. The summed E-state index contributed by atoms with van der Waals surface area (Å²) in [4.78, 5) is 15.6. The molecule has 2 aromatic rings. The van der Waals surface area contributed by atoms with E-state index in [0.29, 0.717) is 23.6 Å². The first-order valence-electron chi connectivity index (χ1n) is 11.4. The minimum Gasteiger partial charge on any atom is -0.497 e. The smallest absolute Gasteiger partial charge is 0.255 e. The summed E-state index contributed by atoms with van der Waals surface area (Å²) in [5, 5.41) is 7.38. The Labute approximate surface area is 184 Å². The Kier molecular flexibility index (Phi) is 6.80. The lowest BCUT2D eigenvalue weighted by atomic mass is 10.0. The van der Waals surface area contributed by atoms with E-state index in [0.717, 1.165) is 43.4 Å². The van der Waals surface area contributed by atoms with E-state index in [9.17, 15) is 4.79 Å². The number of nitrogens with one attached hydrogen (secondary N) is 1. The van der Waals surface area contributed by atoms with Crippen molar-refractivity contribution in [2.45, 2.75) is 64.1 Å². The lowest BCUT2D eigenvalue weighted by Crippen LogP contribution is -2.43. The van der Waals surface area contributed by atoms with Crippen molar-refractivity contribution >= 4 is 5.91 Å². The number of nitrogens with zero attached hydrogens (tertiary/aromatic N) is 3. The van der Waals surface area contributed by atoms with E-state index in [1.807, 2.05) is 32.2 Å². The number of carbonyl (C=O) groups excluding carboxylic acids is 1. The predicted molar refractivity (Wildman–Crippen MR) is 120 cm³/mol. The van der Waals surface area contributed by atoms with Crippen molar-refractivity contribution in [3.63, 3.8) is 0 Å². The van der Waals surface area contributed by atoms with Crippen molar-refractivity contribution in [1.82, 2.24) is 20.0 Å². The Morgan fingerprint density at radius 3 is 2.55 bits per heavy atom. The monoisotopic (exact) mass is 426 g/mol. The van der Waals surface area contributed by atoms with Crippen molar-refractivity contribution in [3.05, 3.63) is 41.2 Å². The first-order valence-corrected chi connectivity index (χ1v) is 11.4. The van der Waals surface area contributed by atoms with Crippen LogP contribution in [0.15, 0.2) is 24.3 Å². The fourth-order valence-corrected chi connectivity index (χ4v) is 4.71. The number of hydrogen-bond acceptors (Lipinski definition) is 5. The molecular weight excluding hydrogens is 392 g/mol. The molecule has 2 aliphatic rings. The number of rotatable bonds is 7. The third-order valence-corrected chi connectivity index (χ3v) is 6.64. The standard InChI is InChI=1S/C24H34N4O3/c1-17-14-18(26-27(17)2)16-25-24(29)22-15-21(30-3)8-9-23(22)31-20-10-12-28(13-11-20)19-6-4-5-7-19/h8-9,14-15,19-20H,4-7,10-13,16H2,1-3H3,(H,25,29). The van der Waals surface area contributed by atoms with Crippen molar-refractivity contribution in [2.24, 2.45) is 7.05 Å². The Hall–Kier alpha value is -2.54. The molecule has 1 aromatic carbocycles. The molecule has 1 amide bonds. The van der Waals surface area contributed by atoms with Gasteiger partial charge in [0.15, 0.2) is 0 Å². The van der Waals surface area contributed by atoms with Gasteiger partial charge < -0.3 is 19.7 Å². The van der Waals surface area contributed by atoms with Crippen LogP contribution in [-0.4, -0.2) is 52.9 Å². The van der Waals surface area contributed by atoms with Crippen molar-refractivity contribution in [1.29, 1.82) is 0 Å². The molecule has 0 bridgehead atoms. The number of carbonyl (C=O) groups is 1. The number of ether oxygens (including phenoxy) is 2. The second-order valence-electron chi connectivity index (χ2n) is 8.74. The van der Waals surface area contributed by atoms with Gasteiger partial charge in [0.2, 0.25) is 0 Å². The molecule has 7 heteroatoms. The van der Waals surface area contributed by atoms with E-state index in [4.69, 9.17) is 9.47 Å². The van der Waals surface area contributed by atoms with E-state index in [2.05, 4.69) is 15.3 Å². The van der Waals surface area contributed by atoms with Crippen LogP contribution >= 0.6 is 0 Å². The third-order valence-electron chi connectivity index (χ3n) is 6.64. The largest absolute Gasteiger partial charge is 0.497 e. The second-order valence-corrected chi connectivity index (χ2v) is 8.74. The van der Waals surface area contributed by atoms with Crippen LogP contribution in [0.4, 0.5) is 0 Å². The maximum Gasteiger partial charge on any atom is 0.255 e. The van der Waals surface area contributed by atoms with Crippen LogP contribution in [0.5, 0.6) is 11.5 Å². The van der Waals surface area contributed by atoms with Crippen LogP contribution in [-0.2, 0) is 13.6 Å². The normalized spacial score (nSPS) is 18.3. The number of likely N-dealkylation sites (tertiary alicyclic amines) is 1. The molecule has 0 radical (unpaired) electrons. The quantitative estimate of drug-likeness (QED) is 0.734. The molecular formula is C24H34N4O3. The molecule has 2 fully saturated rings. The fourth-order valence-electron chi connectivity index (χ4n) is 4.71. The number of amides is 1. The Morgan fingerprint density at radius 1 is 1.16 bits per heavy atom. The summed E-state index contributed by atoms with van der Waals surface area (Å²) < 4.78 is 13.5. The van der Waals surface area contributed by atoms with Crippen LogP contribution < -0.4 is 14.8 Å². The summed E-state index contributed by atoms with van der Waals surface area (Å²) >= 11 is 0. The van der Waals surface area contributed by atoms with E-state index in [1.165, 1.54) is 25.7 Å². The van der Waals surface area contributed by atoms with Crippen molar-refractivity contribution in [2.75, 3.05) is 20.2 Å². The summed E-state index contributed by atoms with van der Waals surface area (Å²) in [6.45, 7) is 4.51. The number of methoxy groups -OCH3 is 1. The van der Waals surface area contributed by atoms with Gasteiger partial charge in [0.1, 0.15) is 17.6 Å². The number of aryl methyl sites for hydroxylation is 2. The Balaban J connectivity index is 1.40. The summed E-state index contributed by atoms with van der Waals surface area (Å²) in [7, 11) is 3.50. The van der Waals surface area contributed by atoms with Gasteiger partial charge in [0, 0.05) is 31.9 Å². The van der Waals surface area contributed by atoms with Crippen LogP contribution in [0, 0.1) is 6.92 Å². The highest BCUT2D eigenvalue weighted by Crippen LogP contribution is 2.30. The molecule has 0 atom stereocenters. The van der Waals surface area contributed by atoms with Gasteiger partial charge in [0.05, 0.1) is 24.9 Å². The molecule has 1 saturated heterocycles. The maximum absolute atomic E-state index is 13.0. The predicted octanol–water partition coefficient (Wildman–Crippen LogP) is 3.45. The second kappa shape index (κ2) is 9.73. The van der Waals surface area contributed by atoms with Gasteiger partial charge in [0.25, 0.3) is 5.91 Å². The summed E-state index contributed by atoms with van der Waals surface area (Å²) in [6.07, 6.45) is 7.53. The summed E-state index contributed by atoms with van der Waals surface area (Å²) in [6, 6.07) is 8.19. The number of aromatic nitrogens is 2. The topological polar surface area (TPSA) is 68.6 Å². The summed E-state index contributed by atoms with van der Waals surface area (Å²) in [5.41, 5.74) is 2.39. The molecule has 2 heterocycles. The highest BCUT2D eigenvalue weighted by atomic mass is 16.5. The van der Waals surface area contributed by atoms with Crippen LogP contribution in [0.25, 0.3) is 0 Å². The van der Waals surface area contributed by atoms with E-state index < -0.39 is 0 Å². The molecule has 1 aliphatic carbocycles. The molecule has 1 saturated carbocycles. The molecule has 7 nitrogen and oxygen atoms in total. The third kappa shape index (κ3) is 5.21. The molecule has 4 rings (SSSR count). The van der Waals surface area contributed by atoms with Gasteiger partial charge in [-0.25, -0.2) is 0 Å². The minimum absolute atomic E-state index is 0.135. The molecule has 1 aliphatic heterocycles. The fraction of sp³-hybridized carbons (Fsp3) is 0.583. The zero-order valence-corrected chi connectivity index (χ0v) is 18.9. The number of benzene rings is 1. The molecule has 0 spiro atoms. The molecule has 1 aromatic heterocycles. The Morgan fingerprint density at radius 2 is 1.90 bits per heavy atom. The minimum atomic E-state index is -0.180. The first-order chi connectivity index (χ1) is 15.0. The maximum atomic E-state index is 13.0. The molecule has 31 heavy (non-hydrogen) atoms. The zero-order valence-electron chi connectivity index (χ0n) is 18.9. The van der Waals surface area contributed by atoms with Crippen molar-refractivity contribution in [3.8, 4) is 11.5 Å². The lowest BCUT2D eigenvalue weighted by molar-refractivity contribution is 0.0749. The van der Waals surface area contributed by atoms with Crippen LogP contribution in [0.2, 0.25) is 0 Å². The SMILES string of the molecule is COc1ccc(OC2CCN(C3CCCC3)CC2)c(C(=O)NCc2cc(C)n(C)n2)c1. The molecule has 1 N–H and O–H groups in total. The van der Waals surface area contributed by atoms with Gasteiger partial charge in [-0.2, -0.15) is 5.10 Å². The number of piperidine rings is 1. The van der Waals surface area contributed by atoms with Crippen LogP contribution in [0.3, 0.4) is 0 Å². The highest BCUT2D eigenvalue weighted by molar-refractivity contribution is 5.97. The van der Waals surface area contributed by atoms with Gasteiger partial charge in [-0.15, -0.1) is 0 Å². The average Bonchev–Trinajstić information content (AvgIpc) is 3.43. The van der Waals surface area contributed by atoms with Crippen molar-refractivity contribution < 1.29 is 14.3 Å². The van der Waals surface area contributed by atoms with E-state index in [-0.39, 0.29) is 12.0 Å². The lowest BCUT2D eigenvalue weighted by Gasteiger charge is -2.36. The Bertz CT molecular complexity index is 877. The zero-order chi connectivity index (χ0) is 21.8. The molecule has 0 unspecified atom stereocenters. The summed E-state index contributed by atoms with van der Waals surface area (Å²) in [5.74, 6) is 1.08. The van der Waals surface area contributed by atoms with E-state index in [1.54, 1.807) is 17.9 Å². The average molecular weight is 427 g/mol. The first kappa shape index (κ1) is 21.7. The van der Waals surface area contributed by atoms with Gasteiger partial charge in [-0.1, -0.05) is 12.8 Å².